The first-order chi connectivity index (χ1) is 17.0. The molecule has 0 heterocycles. The number of aryl methyl sites for hydroxylation is 2. The van der Waals surface area contributed by atoms with Crippen LogP contribution in [0.2, 0.25) is 0 Å². The molecule has 0 radical (unpaired) electrons. The van der Waals surface area contributed by atoms with Gasteiger partial charge in [-0.25, -0.2) is 17.6 Å². The van der Waals surface area contributed by atoms with Crippen LogP contribution >= 0.6 is 0 Å². The molecule has 0 unspecified atom stereocenters. The zero-order chi connectivity index (χ0) is 24.6. The van der Waals surface area contributed by atoms with Crippen molar-refractivity contribution in [2.45, 2.75) is 44.9 Å². The Balaban J connectivity index is 1.17. The fraction of sp³-hybridized carbons (Fsp3) is 0.226. The quantitative estimate of drug-likeness (QED) is 0.158. The second-order valence-corrected chi connectivity index (χ2v) is 8.91. The molecule has 0 atom stereocenters. The van der Waals surface area contributed by atoms with E-state index in [4.69, 9.17) is 0 Å². The molecule has 0 nitrogen and oxygen atoms in total. The van der Waals surface area contributed by atoms with Crippen LogP contribution in [0.25, 0.3) is 22.3 Å². The molecule has 0 saturated heterocycles. The van der Waals surface area contributed by atoms with E-state index in [1.807, 2.05) is 12.1 Å². The molecule has 180 valence electrons. The van der Waals surface area contributed by atoms with Crippen LogP contribution in [0.4, 0.5) is 17.6 Å². The van der Waals surface area contributed by atoms with E-state index in [-0.39, 0.29) is 23.3 Å². The second-order valence-electron chi connectivity index (χ2n) is 8.91. The van der Waals surface area contributed by atoms with Gasteiger partial charge in [-0.1, -0.05) is 67.8 Å². The van der Waals surface area contributed by atoms with Gasteiger partial charge >= 0.3 is 0 Å². The topological polar surface area (TPSA) is 0 Å². The van der Waals surface area contributed by atoms with E-state index in [0.29, 0.717) is 22.3 Å². The minimum Gasteiger partial charge on any atom is -0.207 e. The zero-order valence-electron chi connectivity index (χ0n) is 19.5. The number of rotatable bonds is 10. The Labute approximate surface area is 204 Å². The van der Waals surface area contributed by atoms with Crippen molar-refractivity contribution in [3.63, 3.8) is 0 Å². The SMILES string of the molecule is Fc1ccc(-c2ccc(CCCCCCCc3ccc(-c4ccc(F)cc4)c(F)c3)cc2F)cc1. The lowest BCUT2D eigenvalue weighted by molar-refractivity contribution is 0.603. The van der Waals surface area contributed by atoms with Gasteiger partial charge in [-0.3, -0.25) is 0 Å². The summed E-state index contributed by atoms with van der Waals surface area (Å²) in [6.45, 7) is 0. The van der Waals surface area contributed by atoms with E-state index in [2.05, 4.69) is 0 Å². The molecule has 0 amide bonds. The molecule has 35 heavy (non-hydrogen) atoms. The summed E-state index contributed by atoms with van der Waals surface area (Å²) in [6.07, 6.45) is 6.78. The molecule has 0 saturated carbocycles. The van der Waals surface area contributed by atoms with E-state index >= 15 is 0 Å². The normalized spacial score (nSPS) is 11.1. The minimum absolute atomic E-state index is 0.285. The van der Waals surface area contributed by atoms with Crippen LogP contribution in [-0.4, -0.2) is 0 Å². The van der Waals surface area contributed by atoms with Gasteiger partial charge < -0.3 is 0 Å². The highest BCUT2D eigenvalue weighted by Gasteiger charge is 2.08. The average Bonchev–Trinajstić information content (AvgIpc) is 2.85. The molecule has 4 aromatic carbocycles. The first-order valence-corrected chi connectivity index (χ1v) is 12.1. The Bertz CT molecular complexity index is 1150. The summed E-state index contributed by atoms with van der Waals surface area (Å²) in [5, 5.41) is 0. The van der Waals surface area contributed by atoms with Gasteiger partial charge in [-0.05, 0) is 84.3 Å². The van der Waals surface area contributed by atoms with Crippen LogP contribution in [0.15, 0.2) is 84.9 Å². The highest BCUT2D eigenvalue weighted by Crippen LogP contribution is 2.26. The molecule has 0 spiro atoms. The summed E-state index contributed by atoms with van der Waals surface area (Å²) in [4.78, 5) is 0. The number of hydrogen-bond donors (Lipinski definition) is 0. The molecule has 0 aliphatic heterocycles. The van der Waals surface area contributed by atoms with E-state index in [9.17, 15) is 17.6 Å². The number of unbranched alkanes of at least 4 members (excludes halogenated alkanes) is 4. The van der Waals surface area contributed by atoms with Gasteiger partial charge in [0.1, 0.15) is 23.3 Å². The molecule has 4 heteroatoms. The van der Waals surface area contributed by atoms with Crippen molar-refractivity contribution in [3.05, 3.63) is 119 Å². The third-order valence-corrected chi connectivity index (χ3v) is 6.31. The molecule has 4 rings (SSSR count). The van der Waals surface area contributed by atoms with Crippen LogP contribution in [0.3, 0.4) is 0 Å². The Morgan fingerprint density at radius 3 is 1.14 bits per heavy atom. The molecule has 4 aromatic rings. The van der Waals surface area contributed by atoms with Gasteiger partial charge in [-0.2, -0.15) is 0 Å². The lowest BCUT2D eigenvalue weighted by Gasteiger charge is -2.08. The van der Waals surface area contributed by atoms with Gasteiger partial charge in [0.2, 0.25) is 0 Å². The lowest BCUT2D eigenvalue weighted by Crippen LogP contribution is -1.92. The molecule has 0 aliphatic rings. The second kappa shape index (κ2) is 11.8. The predicted molar refractivity (Wildman–Crippen MR) is 134 cm³/mol. The summed E-state index contributed by atoms with van der Waals surface area (Å²) in [7, 11) is 0. The van der Waals surface area contributed by atoms with Crippen molar-refractivity contribution in [3.8, 4) is 22.3 Å². The largest absolute Gasteiger partial charge is 0.207 e. The maximum absolute atomic E-state index is 14.5. The van der Waals surface area contributed by atoms with Crippen LogP contribution in [0, 0.1) is 23.3 Å². The van der Waals surface area contributed by atoms with E-state index in [1.165, 1.54) is 24.3 Å². The molecule has 0 fully saturated rings. The number of halogens is 4. The Morgan fingerprint density at radius 2 is 0.771 bits per heavy atom. The van der Waals surface area contributed by atoms with Crippen molar-refractivity contribution in [2.24, 2.45) is 0 Å². The summed E-state index contributed by atoms with van der Waals surface area (Å²) >= 11 is 0. The first-order valence-electron chi connectivity index (χ1n) is 12.1. The van der Waals surface area contributed by atoms with Gasteiger partial charge in [0.15, 0.2) is 0 Å². The van der Waals surface area contributed by atoms with Crippen LogP contribution in [-0.2, 0) is 12.8 Å². The number of benzene rings is 4. The predicted octanol–water partition coefficient (Wildman–Crippen LogP) is 9.31. The average molecular weight is 477 g/mol. The first kappa shape index (κ1) is 24.7. The highest BCUT2D eigenvalue weighted by molar-refractivity contribution is 5.65. The summed E-state index contributed by atoms with van der Waals surface area (Å²) in [5.74, 6) is -1.24. The van der Waals surface area contributed by atoms with Gasteiger partial charge in [-0.15, -0.1) is 0 Å². The third kappa shape index (κ3) is 6.82. The lowest BCUT2D eigenvalue weighted by atomic mass is 9.99. The number of hydrogen-bond acceptors (Lipinski definition) is 0. The monoisotopic (exact) mass is 476 g/mol. The fourth-order valence-corrected chi connectivity index (χ4v) is 4.34. The molecular weight excluding hydrogens is 448 g/mol. The van der Waals surface area contributed by atoms with Crippen molar-refractivity contribution < 1.29 is 17.6 Å². The van der Waals surface area contributed by atoms with Crippen molar-refractivity contribution >= 4 is 0 Å². The van der Waals surface area contributed by atoms with Gasteiger partial charge in [0, 0.05) is 11.1 Å². The van der Waals surface area contributed by atoms with Crippen LogP contribution in [0.1, 0.15) is 43.2 Å². The molecule has 0 aliphatic carbocycles. The zero-order valence-corrected chi connectivity index (χ0v) is 19.5. The van der Waals surface area contributed by atoms with Crippen LogP contribution < -0.4 is 0 Å². The highest BCUT2D eigenvalue weighted by atomic mass is 19.1. The Hall–Kier alpha value is -3.40. The Kier molecular flexibility index (Phi) is 8.36. The van der Waals surface area contributed by atoms with Crippen molar-refractivity contribution in [1.82, 2.24) is 0 Å². The molecule has 0 N–H and O–H groups in total. The molecular formula is C31H28F4. The third-order valence-electron chi connectivity index (χ3n) is 6.31. The maximum atomic E-state index is 14.5. The fourth-order valence-electron chi connectivity index (χ4n) is 4.34. The van der Waals surface area contributed by atoms with E-state index in [1.54, 1.807) is 48.5 Å². The van der Waals surface area contributed by atoms with E-state index < -0.39 is 0 Å². The Morgan fingerprint density at radius 1 is 0.400 bits per heavy atom. The molecule has 0 bridgehead atoms. The van der Waals surface area contributed by atoms with Crippen molar-refractivity contribution in [2.75, 3.05) is 0 Å². The standard InChI is InChI=1S/C31H28F4/c32-26-14-10-24(11-15-26)28-18-8-22(20-30(28)34)6-4-2-1-3-5-7-23-9-19-29(31(35)21-23)25-12-16-27(33)17-13-25/h8-21H,1-7H2. The summed E-state index contributed by atoms with van der Waals surface area (Å²) < 4.78 is 55.2. The molecule has 0 aromatic heterocycles. The summed E-state index contributed by atoms with van der Waals surface area (Å²) in [5.41, 5.74) is 4.22. The maximum Gasteiger partial charge on any atom is 0.131 e. The van der Waals surface area contributed by atoms with Gasteiger partial charge in [0.25, 0.3) is 0 Å². The van der Waals surface area contributed by atoms with E-state index in [0.717, 1.165) is 56.1 Å². The smallest absolute Gasteiger partial charge is 0.131 e. The van der Waals surface area contributed by atoms with Gasteiger partial charge in [0.05, 0.1) is 0 Å². The van der Waals surface area contributed by atoms with Crippen LogP contribution in [0.5, 0.6) is 0 Å². The summed E-state index contributed by atoms with van der Waals surface area (Å²) in [6, 6.07) is 22.2. The van der Waals surface area contributed by atoms with Crippen molar-refractivity contribution in [1.29, 1.82) is 0 Å². The minimum atomic E-state index is -0.335.